The predicted molar refractivity (Wildman–Crippen MR) is 63.8 cm³/mol. The van der Waals surface area contributed by atoms with Gasteiger partial charge in [0.15, 0.2) is 5.82 Å². The van der Waals surface area contributed by atoms with E-state index in [0.717, 1.165) is 13.0 Å². The molecule has 0 fully saturated rings. The van der Waals surface area contributed by atoms with E-state index < -0.39 is 0 Å². The van der Waals surface area contributed by atoms with Gasteiger partial charge in [-0.05, 0) is 13.3 Å². The van der Waals surface area contributed by atoms with Crippen LogP contribution in [0.1, 0.15) is 20.3 Å². The Morgan fingerprint density at radius 3 is 2.75 bits per heavy atom. The van der Waals surface area contributed by atoms with Gasteiger partial charge in [-0.1, -0.05) is 6.92 Å². The molecule has 5 heteroatoms. The Labute approximate surface area is 95.4 Å². The van der Waals surface area contributed by atoms with E-state index in [0.29, 0.717) is 18.9 Å². The number of hydrogen-bond acceptors (Lipinski definition) is 4. The molecule has 0 aliphatic heterocycles. The second kappa shape index (κ2) is 6.27. The summed E-state index contributed by atoms with van der Waals surface area (Å²) in [5.74, 6) is 0.431. The van der Waals surface area contributed by atoms with Crippen LogP contribution in [-0.4, -0.2) is 34.4 Å². The Balaban J connectivity index is 3.03. The second-order valence-corrected chi connectivity index (χ2v) is 3.55. The molecule has 5 nitrogen and oxygen atoms in total. The van der Waals surface area contributed by atoms with Crippen molar-refractivity contribution in [3.8, 4) is 0 Å². The summed E-state index contributed by atoms with van der Waals surface area (Å²) in [5, 5.41) is 8.96. The van der Waals surface area contributed by atoms with E-state index in [1.54, 1.807) is 17.0 Å². The first kappa shape index (κ1) is 12.7. The normalized spacial score (nSPS) is 10.4. The number of aliphatic hydroxyl groups is 1. The van der Waals surface area contributed by atoms with E-state index >= 15 is 0 Å². The van der Waals surface area contributed by atoms with Crippen molar-refractivity contribution in [2.45, 2.75) is 26.8 Å². The van der Waals surface area contributed by atoms with Crippen molar-refractivity contribution >= 4 is 5.82 Å². The summed E-state index contributed by atoms with van der Waals surface area (Å²) in [6.07, 6.45) is 4.22. The minimum absolute atomic E-state index is 0.0299. The highest BCUT2D eigenvalue weighted by atomic mass is 16.3. The summed E-state index contributed by atoms with van der Waals surface area (Å²) < 4.78 is 1.61. The molecule has 0 unspecified atom stereocenters. The molecular formula is C11H19N3O2. The highest BCUT2D eigenvalue weighted by Crippen LogP contribution is 2.03. The lowest BCUT2D eigenvalue weighted by Crippen LogP contribution is -2.35. The van der Waals surface area contributed by atoms with Crippen LogP contribution in [0.5, 0.6) is 0 Å². The lowest BCUT2D eigenvalue weighted by molar-refractivity contribution is 0.301. The van der Waals surface area contributed by atoms with E-state index in [9.17, 15) is 4.79 Å². The van der Waals surface area contributed by atoms with Crippen molar-refractivity contribution in [2.24, 2.45) is 0 Å². The van der Waals surface area contributed by atoms with Gasteiger partial charge in [-0.25, -0.2) is 4.98 Å². The Morgan fingerprint density at radius 2 is 2.19 bits per heavy atom. The summed E-state index contributed by atoms with van der Waals surface area (Å²) >= 11 is 0. The lowest BCUT2D eigenvalue weighted by Gasteiger charge is -2.21. The number of aromatic nitrogens is 2. The van der Waals surface area contributed by atoms with Crippen LogP contribution in [0.15, 0.2) is 17.2 Å². The van der Waals surface area contributed by atoms with Gasteiger partial charge >= 0.3 is 0 Å². The third-order valence-electron chi connectivity index (χ3n) is 2.40. The molecule has 0 atom stereocenters. The standard InChI is InChI=1S/C11H19N3O2/c1-3-6-14(8-9-15)10-11(16)13(4-2)7-5-12-10/h5,7,15H,3-4,6,8-9H2,1-2H3. The van der Waals surface area contributed by atoms with Crippen LogP contribution >= 0.6 is 0 Å². The summed E-state index contributed by atoms with van der Waals surface area (Å²) in [7, 11) is 0. The van der Waals surface area contributed by atoms with Crippen molar-refractivity contribution in [1.29, 1.82) is 0 Å². The third kappa shape index (κ3) is 2.82. The molecule has 0 aliphatic rings. The molecule has 0 saturated heterocycles. The molecule has 1 N–H and O–H groups in total. The van der Waals surface area contributed by atoms with Crippen LogP contribution in [0.4, 0.5) is 5.82 Å². The zero-order valence-electron chi connectivity index (χ0n) is 9.89. The molecule has 16 heavy (non-hydrogen) atoms. The van der Waals surface area contributed by atoms with Crippen LogP contribution in [0.2, 0.25) is 0 Å². The predicted octanol–water partition coefficient (Wildman–Crippen LogP) is 0.472. The third-order valence-corrected chi connectivity index (χ3v) is 2.40. The van der Waals surface area contributed by atoms with Gasteiger partial charge in [-0.15, -0.1) is 0 Å². The maximum atomic E-state index is 12.0. The summed E-state index contributed by atoms with van der Waals surface area (Å²) in [5.41, 5.74) is -0.0908. The number of anilines is 1. The minimum atomic E-state index is -0.0908. The first-order valence-corrected chi connectivity index (χ1v) is 5.65. The van der Waals surface area contributed by atoms with Gasteiger partial charge in [-0.2, -0.15) is 0 Å². The van der Waals surface area contributed by atoms with E-state index in [1.165, 1.54) is 0 Å². The molecule has 0 aliphatic carbocycles. The van der Waals surface area contributed by atoms with Gasteiger partial charge in [0.25, 0.3) is 5.56 Å². The molecule has 1 aromatic heterocycles. The fourth-order valence-electron chi connectivity index (χ4n) is 1.62. The quantitative estimate of drug-likeness (QED) is 0.764. The fourth-order valence-corrected chi connectivity index (χ4v) is 1.62. The van der Waals surface area contributed by atoms with E-state index in [1.807, 2.05) is 18.7 Å². The van der Waals surface area contributed by atoms with Crippen molar-refractivity contribution in [3.63, 3.8) is 0 Å². The fraction of sp³-hybridized carbons (Fsp3) is 0.636. The summed E-state index contributed by atoms with van der Waals surface area (Å²) in [4.78, 5) is 17.9. The number of nitrogens with zero attached hydrogens (tertiary/aromatic N) is 3. The van der Waals surface area contributed by atoms with Gasteiger partial charge in [0, 0.05) is 32.0 Å². The maximum absolute atomic E-state index is 12.0. The van der Waals surface area contributed by atoms with Gasteiger partial charge in [0.1, 0.15) is 0 Å². The smallest absolute Gasteiger partial charge is 0.293 e. The lowest BCUT2D eigenvalue weighted by atomic mass is 10.4. The van der Waals surface area contributed by atoms with Crippen molar-refractivity contribution in [2.75, 3.05) is 24.6 Å². The monoisotopic (exact) mass is 225 g/mol. The first-order valence-electron chi connectivity index (χ1n) is 5.65. The van der Waals surface area contributed by atoms with Crippen LogP contribution in [0.25, 0.3) is 0 Å². The molecule has 0 saturated carbocycles. The molecule has 0 aromatic carbocycles. The van der Waals surface area contributed by atoms with Gasteiger partial charge < -0.3 is 14.6 Å². The molecular weight excluding hydrogens is 206 g/mol. The second-order valence-electron chi connectivity index (χ2n) is 3.55. The average molecular weight is 225 g/mol. The molecule has 0 spiro atoms. The van der Waals surface area contributed by atoms with Crippen molar-refractivity contribution in [1.82, 2.24) is 9.55 Å². The molecule has 1 aromatic rings. The molecule has 90 valence electrons. The number of aliphatic hydroxyl groups excluding tert-OH is 1. The molecule has 0 radical (unpaired) electrons. The van der Waals surface area contributed by atoms with Crippen molar-refractivity contribution in [3.05, 3.63) is 22.7 Å². The zero-order valence-corrected chi connectivity index (χ0v) is 9.89. The minimum Gasteiger partial charge on any atom is -0.395 e. The number of hydrogen-bond donors (Lipinski definition) is 1. The van der Waals surface area contributed by atoms with Gasteiger partial charge in [-0.3, -0.25) is 4.79 Å². The summed E-state index contributed by atoms with van der Waals surface area (Å²) in [6.45, 7) is 5.79. The van der Waals surface area contributed by atoms with E-state index in [4.69, 9.17) is 5.11 Å². The Kier molecular flexibility index (Phi) is 4.98. The molecule has 0 amide bonds. The van der Waals surface area contributed by atoms with E-state index in [-0.39, 0.29) is 12.2 Å². The average Bonchev–Trinajstić information content (AvgIpc) is 2.29. The Hall–Kier alpha value is -1.36. The van der Waals surface area contributed by atoms with E-state index in [2.05, 4.69) is 4.98 Å². The molecule has 1 rings (SSSR count). The maximum Gasteiger partial charge on any atom is 0.293 e. The summed E-state index contributed by atoms with van der Waals surface area (Å²) in [6, 6.07) is 0. The largest absolute Gasteiger partial charge is 0.395 e. The number of rotatable bonds is 6. The molecule has 0 bridgehead atoms. The SMILES string of the molecule is CCCN(CCO)c1nccn(CC)c1=O. The highest BCUT2D eigenvalue weighted by Gasteiger charge is 2.11. The van der Waals surface area contributed by atoms with Crippen LogP contribution in [0, 0.1) is 0 Å². The number of aryl methyl sites for hydroxylation is 1. The van der Waals surface area contributed by atoms with Crippen LogP contribution < -0.4 is 10.5 Å². The van der Waals surface area contributed by atoms with Crippen molar-refractivity contribution < 1.29 is 5.11 Å². The molecule has 1 heterocycles. The van der Waals surface area contributed by atoms with Gasteiger partial charge in [0.05, 0.1) is 6.61 Å². The van der Waals surface area contributed by atoms with Crippen LogP contribution in [0.3, 0.4) is 0 Å². The Bertz CT molecular complexity index is 370. The zero-order chi connectivity index (χ0) is 12.0. The highest BCUT2D eigenvalue weighted by molar-refractivity contribution is 5.35. The van der Waals surface area contributed by atoms with Crippen LogP contribution in [-0.2, 0) is 6.54 Å². The topological polar surface area (TPSA) is 58.4 Å². The Morgan fingerprint density at radius 1 is 1.44 bits per heavy atom. The van der Waals surface area contributed by atoms with Gasteiger partial charge in [0.2, 0.25) is 0 Å². The first-order chi connectivity index (χ1) is 7.74.